The van der Waals surface area contributed by atoms with Gasteiger partial charge in [0, 0.05) is 18.7 Å². The maximum absolute atomic E-state index is 9.66. The van der Waals surface area contributed by atoms with Gasteiger partial charge >= 0.3 is 0 Å². The zero-order chi connectivity index (χ0) is 13.5. The van der Waals surface area contributed by atoms with Crippen molar-refractivity contribution >= 4 is 11.4 Å². The van der Waals surface area contributed by atoms with E-state index in [2.05, 4.69) is 30.1 Å². The van der Waals surface area contributed by atoms with Crippen molar-refractivity contribution in [2.45, 2.75) is 57.5 Å². The summed E-state index contributed by atoms with van der Waals surface area (Å²) in [6.07, 6.45) is 6.59. The lowest BCUT2D eigenvalue weighted by Gasteiger charge is -2.53. The van der Waals surface area contributed by atoms with E-state index in [-0.39, 0.29) is 5.54 Å². The van der Waals surface area contributed by atoms with Crippen molar-refractivity contribution in [3.63, 3.8) is 0 Å². The molecule has 0 radical (unpaired) electrons. The van der Waals surface area contributed by atoms with Crippen LogP contribution >= 0.6 is 0 Å². The molecule has 1 aromatic rings. The minimum absolute atomic E-state index is 0.274. The summed E-state index contributed by atoms with van der Waals surface area (Å²) in [5, 5.41) is 13.2. The molecule has 0 aromatic heterocycles. The van der Waals surface area contributed by atoms with Crippen LogP contribution in [0.5, 0.6) is 5.75 Å². The zero-order valence-electron chi connectivity index (χ0n) is 11.9. The molecular weight excluding hydrogens is 236 g/mol. The van der Waals surface area contributed by atoms with Crippen LogP contribution in [-0.2, 0) is 0 Å². The second-order valence-corrected chi connectivity index (χ2v) is 6.30. The maximum Gasteiger partial charge on any atom is 0.117 e. The summed E-state index contributed by atoms with van der Waals surface area (Å²) in [4.78, 5) is 2.59. The van der Waals surface area contributed by atoms with Crippen LogP contribution in [0.4, 0.5) is 11.4 Å². The molecule has 2 N–H and O–H groups in total. The van der Waals surface area contributed by atoms with Gasteiger partial charge in [-0.2, -0.15) is 0 Å². The maximum atomic E-state index is 9.66. The van der Waals surface area contributed by atoms with Crippen LogP contribution in [0.1, 0.15) is 46.0 Å². The smallest absolute Gasteiger partial charge is 0.117 e. The number of fused-ring (bicyclic) bond motifs is 1. The summed E-state index contributed by atoms with van der Waals surface area (Å²) in [5.41, 5.74) is 2.60. The van der Waals surface area contributed by atoms with E-state index < -0.39 is 0 Å². The first kappa shape index (κ1) is 12.6. The largest absolute Gasteiger partial charge is 0.508 e. The molecule has 0 saturated heterocycles. The fourth-order valence-electron chi connectivity index (χ4n) is 3.93. The minimum Gasteiger partial charge on any atom is -0.508 e. The van der Waals surface area contributed by atoms with E-state index in [4.69, 9.17) is 0 Å². The molecule has 3 heteroatoms. The average Bonchev–Trinajstić information content (AvgIpc) is 2.39. The molecule has 19 heavy (non-hydrogen) atoms. The summed E-state index contributed by atoms with van der Waals surface area (Å²) in [6.45, 7) is 5.55. The van der Waals surface area contributed by atoms with Gasteiger partial charge in [-0.3, -0.25) is 0 Å². The summed E-state index contributed by atoms with van der Waals surface area (Å²) in [6, 6.07) is 6.20. The van der Waals surface area contributed by atoms with E-state index in [0.29, 0.717) is 11.8 Å². The first-order valence-electron chi connectivity index (χ1n) is 7.49. The first-order chi connectivity index (χ1) is 9.12. The molecule has 1 aliphatic carbocycles. The number of nitrogens with zero attached hydrogens (tertiary/aromatic N) is 1. The highest BCUT2D eigenvalue weighted by atomic mass is 16.3. The second kappa shape index (κ2) is 4.62. The Bertz CT molecular complexity index is 464. The molecule has 1 fully saturated rings. The number of benzene rings is 1. The highest BCUT2D eigenvalue weighted by molar-refractivity contribution is 5.75. The second-order valence-electron chi connectivity index (χ2n) is 6.30. The van der Waals surface area contributed by atoms with Crippen molar-refractivity contribution in [2.75, 3.05) is 16.8 Å². The van der Waals surface area contributed by atoms with Gasteiger partial charge in [-0.1, -0.05) is 19.3 Å². The Morgan fingerprint density at radius 1 is 1.21 bits per heavy atom. The summed E-state index contributed by atoms with van der Waals surface area (Å²) >= 11 is 0. The molecule has 0 unspecified atom stereocenters. The van der Waals surface area contributed by atoms with Crippen molar-refractivity contribution in [3.05, 3.63) is 18.2 Å². The van der Waals surface area contributed by atoms with E-state index in [9.17, 15) is 5.11 Å². The Morgan fingerprint density at radius 3 is 2.63 bits per heavy atom. The van der Waals surface area contributed by atoms with E-state index in [0.717, 1.165) is 12.2 Å². The molecule has 2 aliphatic rings. The number of nitrogens with one attached hydrogen (secondary N) is 1. The quantitative estimate of drug-likeness (QED) is 0.807. The van der Waals surface area contributed by atoms with Crippen molar-refractivity contribution in [1.82, 2.24) is 0 Å². The standard InChI is InChI=1S/C16H24N2O/c1-12(2)18-15-7-6-13(19)10-14(15)17-11-16(18)8-4-3-5-9-16/h6-7,10,12,17,19H,3-5,8-9,11H2,1-2H3. The molecule has 3 nitrogen and oxygen atoms in total. The Kier molecular flexibility index (Phi) is 3.08. The van der Waals surface area contributed by atoms with Gasteiger partial charge in [-0.15, -0.1) is 0 Å². The van der Waals surface area contributed by atoms with Crippen LogP contribution in [0, 0.1) is 0 Å². The molecule has 0 atom stereocenters. The van der Waals surface area contributed by atoms with Crippen LogP contribution in [0.2, 0.25) is 0 Å². The fraction of sp³-hybridized carbons (Fsp3) is 0.625. The zero-order valence-corrected chi connectivity index (χ0v) is 11.9. The number of phenols is 1. The monoisotopic (exact) mass is 260 g/mol. The molecule has 0 amide bonds. The topological polar surface area (TPSA) is 35.5 Å². The van der Waals surface area contributed by atoms with Gasteiger partial charge < -0.3 is 15.3 Å². The van der Waals surface area contributed by atoms with Gasteiger partial charge in [0.15, 0.2) is 0 Å². The molecule has 3 rings (SSSR count). The van der Waals surface area contributed by atoms with Crippen molar-refractivity contribution in [3.8, 4) is 5.75 Å². The van der Waals surface area contributed by atoms with Crippen molar-refractivity contribution < 1.29 is 5.11 Å². The molecule has 1 saturated carbocycles. The SMILES string of the molecule is CC(C)N1c2ccc(O)cc2NCC12CCCCC2. The summed E-state index contributed by atoms with van der Waals surface area (Å²) in [7, 11) is 0. The normalized spacial score (nSPS) is 21.3. The van der Waals surface area contributed by atoms with Crippen LogP contribution in [0.25, 0.3) is 0 Å². The number of hydrogen-bond donors (Lipinski definition) is 2. The number of phenolic OH excluding ortho intramolecular Hbond substituents is 1. The third kappa shape index (κ3) is 2.05. The average molecular weight is 260 g/mol. The van der Waals surface area contributed by atoms with Crippen LogP contribution in [0.15, 0.2) is 18.2 Å². The lowest BCUT2D eigenvalue weighted by molar-refractivity contribution is 0.270. The molecular formula is C16H24N2O. The third-order valence-electron chi connectivity index (χ3n) is 4.66. The lowest BCUT2D eigenvalue weighted by Crippen LogP contribution is -2.59. The third-order valence-corrected chi connectivity index (χ3v) is 4.66. The Balaban J connectivity index is 2.04. The first-order valence-corrected chi connectivity index (χ1v) is 7.49. The molecule has 104 valence electrons. The van der Waals surface area contributed by atoms with E-state index in [1.54, 1.807) is 6.07 Å². The lowest BCUT2D eigenvalue weighted by atomic mass is 9.77. The number of anilines is 2. The van der Waals surface area contributed by atoms with Gasteiger partial charge in [-0.25, -0.2) is 0 Å². The van der Waals surface area contributed by atoms with Crippen molar-refractivity contribution in [1.29, 1.82) is 0 Å². The molecule has 1 spiro atoms. The Labute approximate surface area is 115 Å². The minimum atomic E-state index is 0.274. The summed E-state index contributed by atoms with van der Waals surface area (Å²) in [5.74, 6) is 0.342. The molecule has 1 aliphatic heterocycles. The van der Waals surface area contributed by atoms with Gasteiger partial charge in [0.1, 0.15) is 5.75 Å². The number of aromatic hydroxyl groups is 1. The molecule has 1 aromatic carbocycles. The highest BCUT2D eigenvalue weighted by Crippen LogP contribution is 2.45. The predicted molar refractivity (Wildman–Crippen MR) is 80.0 cm³/mol. The number of hydrogen-bond acceptors (Lipinski definition) is 3. The van der Waals surface area contributed by atoms with Crippen molar-refractivity contribution in [2.24, 2.45) is 0 Å². The van der Waals surface area contributed by atoms with Crippen LogP contribution in [-0.4, -0.2) is 23.2 Å². The fourth-order valence-corrected chi connectivity index (χ4v) is 3.93. The van der Waals surface area contributed by atoms with Crippen LogP contribution in [0.3, 0.4) is 0 Å². The van der Waals surface area contributed by atoms with E-state index >= 15 is 0 Å². The van der Waals surface area contributed by atoms with Gasteiger partial charge in [-0.05, 0) is 38.8 Å². The van der Waals surface area contributed by atoms with Gasteiger partial charge in [0.25, 0.3) is 0 Å². The van der Waals surface area contributed by atoms with E-state index in [1.165, 1.54) is 37.8 Å². The van der Waals surface area contributed by atoms with Crippen LogP contribution < -0.4 is 10.2 Å². The van der Waals surface area contributed by atoms with Gasteiger partial charge in [0.05, 0.1) is 16.9 Å². The Morgan fingerprint density at radius 2 is 1.95 bits per heavy atom. The Hall–Kier alpha value is -1.38. The number of rotatable bonds is 1. The molecule has 1 heterocycles. The molecule has 0 bridgehead atoms. The van der Waals surface area contributed by atoms with Gasteiger partial charge in [0.2, 0.25) is 0 Å². The highest BCUT2D eigenvalue weighted by Gasteiger charge is 2.42. The van der Waals surface area contributed by atoms with E-state index in [1.807, 2.05) is 6.07 Å². The predicted octanol–water partition coefficient (Wildman–Crippen LogP) is 3.74. The summed E-state index contributed by atoms with van der Waals surface area (Å²) < 4.78 is 0.